The van der Waals surface area contributed by atoms with E-state index in [9.17, 15) is 0 Å². The number of methoxy groups -OCH3 is 2. The highest BCUT2D eigenvalue weighted by Crippen LogP contribution is 2.42. The summed E-state index contributed by atoms with van der Waals surface area (Å²) in [6.07, 6.45) is 1.98. The maximum absolute atomic E-state index is 5.62. The molecule has 5 rings (SSSR count). The van der Waals surface area contributed by atoms with Crippen molar-refractivity contribution in [2.24, 2.45) is 0 Å². The molecule has 0 radical (unpaired) electrons. The van der Waals surface area contributed by atoms with Gasteiger partial charge in [0.25, 0.3) is 0 Å². The predicted molar refractivity (Wildman–Crippen MR) is 128 cm³/mol. The molecule has 1 fully saturated rings. The molecule has 1 saturated heterocycles. The Kier molecular flexibility index (Phi) is 5.39. The van der Waals surface area contributed by atoms with Gasteiger partial charge in [-0.2, -0.15) is 4.98 Å². The van der Waals surface area contributed by atoms with E-state index in [-0.39, 0.29) is 5.41 Å². The fourth-order valence-electron chi connectivity index (χ4n) is 4.91. The van der Waals surface area contributed by atoms with Gasteiger partial charge in [0.2, 0.25) is 11.8 Å². The van der Waals surface area contributed by atoms with Gasteiger partial charge in [-0.25, -0.2) is 4.98 Å². The Morgan fingerprint density at radius 3 is 1.91 bits per heavy atom. The van der Waals surface area contributed by atoms with Gasteiger partial charge < -0.3 is 14.4 Å². The zero-order valence-corrected chi connectivity index (χ0v) is 18.5. The molecular weight excluding hydrogens is 398 g/mol. The molecule has 0 N–H and O–H groups in total. The molecule has 5 heteroatoms. The van der Waals surface area contributed by atoms with Crippen molar-refractivity contribution in [1.82, 2.24) is 9.97 Å². The fraction of sp³-hybridized carbons (Fsp3) is 0.259. The van der Waals surface area contributed by atoms with Crippen LogP contribution in [0.5, 0.6) is 11.6 Å². The number of hydrogen-bond donors (Lipinski definition) is 0. The number of hydrogen-bond acceptors (Lipinski definition) is 5. The maximum Gasteiger partial charge on any atom is 0.229 e. The van der Waals surface area contributed by atoms with Crippen LogP contribution in [0, 0.1) is 0 Å². The van der Waals surface area contributed by atoms with Crippen LogP contribution < -0.4 is 14.4 Å². The van der Waals surface area contributed by atoms with Gasteiger partial charge in [-0.3, -0.25) is 0 Å². The highest BCUT2D eigenvalue weighted by Gasteiger charge is 2.38. The van der Waals surface area contributed by atoms with E-state index in [0.29, 0.717) is 11.8 Å². The summed E-state index contributed by atoms with van der Waals surface area (Å²) < 4.78 is 11.1. The highest BCUT2D eigenvalue weighted by atomic mass is 16.5. The van der Waals surface area contributed by atoms with Crippen LogP contribution >= 0.6 is 0 Å². The number of anilines is 1. The Balaban J connectivity index is 1.50. The van der Waals surface area contributed by atoms with Gasteiger partial charge in [-0.05, 0) is 36.1 Å². The van der Waals surface area contributed by atoms with Crippen molar-refractivity contribution >= 4 is 16.9 Å². The minimum absolute atomic E-state index is 0.0107. The van der Waals surface area contributed by atoms with Gasteiger partial charge in [0, 0.05) is 18.5 Å². The van der Waals surface area contributed by atoms with Crippen molar-refractivity contribution in [2.75, 3.05) is 32.2 Å². The van der Waals surface area contributed by atoms with E-state index in [1.165, 1.54) is 11.1 Å². The SMILES string of the molecule is COc1cccc2nc(N3CCC(c4ccccc4)(c4ccccc4)CC3)nc(OC)c12. The third-order valence-electron chi connectivity index (χ3n) is 6.61. The molecule has 0 amide bonds. The highest BCUT2D eigenvalue weighted by molar-refractivity contribution is 5.90. The Morgan fingerprint density at radius 2 is 1.34 bits per heavy atom. The summed E-state index contributed by atoms with van der Waals surface area (Å²) in [5.41, 5.74) is 3.55. The topological polar surface area (TPSA) is 47.5 Å². The first-order valence-electron chi connectivity index (χ1n) is 11.0. The van der Waals surface area contributed by atoms with E-state index >= 15 is 0 Å². The molecule has 3 aromatic carbocycles. The first kappa shape index (κ1) is 20.3. The summed E-state index contributed by atoms with van der Waals surface area (Å²) in [6.45, 7) is 1.73. The second-order valence-electron chi connectivity index (χ2n) is 8.19. The van der Waals surface area contributed by atoms with E-state index in [1.807, 2.05) is 18.2 Å². The Labute approximate surface area is 188 Å². The molecule has 0 spiro atoms. The van der Waals surface area contributed by atoms with Gasteiger partial charge in [0.05, 0.1) is 19.7 Å². The molecule has 32 heavy (non-hydrogen) atoms. The Morgan fingerprint density at radius 1 is 0.719 bits per heavy atom. The van der Waals surface area contributed by atoms with Crippen LogP contribution in [0.2, 0.25) is 0 Å². The third kappa shape index (κ3) is 3.44. The fourth-order valence-corrected chi connectivity index (χ4v) is 4.91. The number of fused-ring (bicyclic) bond motifs is 1. The van der Waals surface area contributed by atoms with Crippen LogP contribution in [0.25, 0.3) is 10.9 Å². The summed E-state index contributed by atoms with van der Waals surface area (Å²) in [7, 11) is 3.30. The average Bonchev–Trinajstić information content (AvgIpc) is 2.88. The molecule has 0 aliphatic carbocycles. The minimum Gasteiger partial charge on any atom is -0.496 e. The van der Waals surface area contributed by atoms with Crippen molar-refractivity contribution in [1.29, 1.82) is 0 Å². The van der Waals surface area contributed by atoms with E-state index in [2.05, 4.69) is 65.6 Å². The molecule has 0 atom stereocenters. The van der Waals surface area contributed by atoms with E-state index in [4.69, 9.17) is 19.4 Å². The monoisotopic (exact) mass is 425 g/mol. The van der Waals surface area contributed by atoms with Crippen molar-refractivity contribution in [3.63, 3.8) is 0 Å². The van der Waals surface area contributed by atoms with Gasteiger partial charge in [-0.1, -0.05) is 66.7 Å². The number of rotatable bonds is 5. The normalized spacial score (nSPS) is 15.5. The average molecular weight is 426 g/mol. The Hall–Kier alpha value is -3.60. The molecular formula is C27H27N3O2. The number of benzene rings is 3. The molecule has 5 nitrogen and oxygen atoms in total. The first-order valence-corrected chi connectivity index (χ1v) is 11.0. The van der Waals surface area contributed by atoms with Gasteiger partial charge in [-0.15, -0.1) is 0 Å². The second kappa shape index (κ2) is 8.50. The van der Waals surface area contributed by atoms with Crippen LogP contribution in [0.15, 0.2) is 78.9 Å². The van der Waals surface area contributed by atoms with Crippen molar-refractivity contribution < 1.29 is 9.47 Å². The minimum atomic E-state index is -0.0107. The van der Waals surface area contributed by atoms with Crippen LogP contribution in [0.3, 0.4) is 0 Å². The van der Waals surface area contributed by atoms with Crippen LogP contribution in [-0.4, -0.2) is 37.3 Å². The zero-order chi connectivity index (χ0) is 22.0. The Bertz CT molecular complexity index is 1160. The molecule has 1 aromatic heterocycles. The summed E-state index contributed by atoms with van der Waals surface area (Å²) in [5, 5.41) is 0.807. The summed E-state index contributed by atoms with van der Waals surface area (Å²) in [4.78, 5) is 11.9. The maximum atomic E-state index is 5.62. The van der Waals surface area contributed by atoms with Crippen molar-refractivity contribution in [3.05, 3.63) is 90.0 Å². The third-order valence-corrected chi connectivity index (χ3v) is 6.61. The lowest BCUT2D eigenvalue weighted by molar-refractivity contribution is 0.381. The number of piperidine rings is 1. The van der Waals surface area contributed by atoms with Gasteiger partial charge in [0.1, 0.15) is 11.1 Å². The standard InChI is InChI=1S/C27H27N3O2/c1-31-23-15-9-14-22-24(23)25(32-2)29-26(28-22)30-18-16-27(17-19-30,20-10-5-3-6-11-20)21-12-7-4-8-13-21/h3-15H,16-19H2,1-2H3. The lowest BCUT2D eigenvalue weighted by atomic mass is 9.68. The first-order chi connectivity index (χ1) is 15.7. The molecule has 1 aliphatic rings. The summed E-state index contributed by atoms with van der Waals surface area (Å²) in [5.74, 6) is 1.97. The van der Waals surface area contributed by atoms with Crippen LogP contribution in [-0.2, 0) is 5.41 Å². The zero-order valence-electron chi connectivity index (χ0n) is 18.5. The summed E-state index contributed by atoms with van der Waals surface area (Å²) in [6, 6.07) is 27.6. The molecule has 4 aromatic rings. The second-order valence-corrected chi connectivity index (χ2v) is 8.19. The molecule has 1 aliphatic heterocycles. The van der Waals surface area contributed by atoms with E-state index < -0.39 is 0 Å². The van der Waals surface area contributed by atoms with Gasteiger partial charge >= 0.3 is 0 Å². The molecule has 0 unspecified atom stereocenters. The number of ether oxygens (including phenoxy) is 2. The lowest BCUT2D eigenvalue weighted by Gasteiger charge is -2.43. The van der Waals surface area contributed by atoms with Crippen molar-refractivity contribution in [3.8, 4) is 11.6 Å². The molecule has 162 valence electrons. The van der Waals surface area contributed by atoms with E-state index in [0.717, 1.165) is 42.6 Å². The molecule has 2 heterocycles. The van der Waals surface area contributed by atoms with Crippen LogP contribution in [0.4, 0.5) is 5.95 Å². The number of aromatic nitrogens is 2. The lowest BCUT2D eigenvalue weighted by Crippen LogP contribution is -2.44. The predicted octanol–water partition coefficient (Wildman–Crippen LogP) is 5.23. The van der Waals surface area contributed by atoms with E-state index in [1.54, 1.807) is 14.2 Å². The largest absolute Gasteiger partial charge is 0.496 e. The van der Waals surface area contributed by atoms with Crippen molar-refractivity contribution in [2.45, 2.75) is 18.3 Å². The number of nitrogens with zero attached hydrogens (tertiary/aromatic N) is 3. The molecule has 0 bridgehead atoms. The van der Waals surface area contributed by atoms with Crippen LogP contribution in [0.1, 0.15) is 24.0 Å². The molecule has 0 saturated carbocycles. The smallest absolute Gasteiger partial charge is 0.229 e. The van der Waals surface area contributed by atoms with Gasteiger partial charge in [0.15, 0.2) is 0 Å². The quantitative estimate of drug-likeness (QED) is 0.438. The summed E-state index contributed by atoms with van der Waals surface area (Å²) >= 11 is 0.